The quantitative estimate of drug-likeness (QED) is 0.0504. The highest BCUT2D eigenvalue weighted by atomic mass is 16.4. The van der Waals surface area contributed by atoms with Crippen LogP contribution in [0.2, 0.25) is 0 Å². The molecule has 0 radical (unpaired) electrons. The van der Waals surface area contributed by atoms with E-state index in [0.29, 0.717) is 0 Å². The molecule has 0 aliphatic carbocycles. The lowest BCUT2D eigenvalue weighted by Crippen LogP contribution is -2.58. The molecule has 0 spiro atoms. The third-order valence-corrected chi connectivity index (χ3v) is 4.39. The Morgan fingerprint density at radius 2 is 1.31 bits per heavy atom. The van der Waals surface area contributed by atoms with Gasteiger partial charge >= 0.3 is 17.9 Å². The molecule has 198 valence electrons. The zero-order valence-corrected chi connectivity index (χ0v) is 18.7. The molecule has 0 aromatic rings. The second-order valence-corrected chi connectivity index (χ2v) is 7.29. The molecule has 13 N–H and O–H groups in total. The molecule has 0 bridgehead atoms. The molecule has 0 aliphatic rings. The van der Waals surface area contributed by atoms with E-state index in [2.05, 4.69) is 15.6 Å². The van der Waals surface area contributed by atoms with Crippen LogP contribution >= 0.6 is 0 Å². The van der Waals surface area contributed by atoms with E-state index in [0.717, 1.165) is 0 Å². The predicted molar refractivity (Wildman–Crippen MR) is 118 cm³/mol. The number of guanidine groups is 1. The van der Waals surface area contributed by atoms with Crippen molar-refractivity contribution in [3.63, 3.8) is 0 Å². The maximum absolute atomic E-state index is 12.5. The van der Waals surface area contributed by atoms with Crippen molar-refractivity contribution in [1.82, 2.24) is 16.0 Å². The number of aliphatic carboxylic acids is 3. The van der Waals surface area contributed by atoms with Gasteiger partial charge in [0.15, 0.2) is 5.96 Å². The average molecular weight is 505 g/mol. The second-order valence-electron chi connectivity index (χ2n) is 7.29. The molecule has 0 rings (SSSR count). The van der Waals surface area contributed by atoms with E-state index in [9.17, 15) is 39.0 Å². The fraction of sp³-hybridized carbons (Fsp3) is 0.611. The Bertz CT molecular complexity index is 815. The number of hydrogen-bond donors (Lipinski definition) is 10. The number of carbonyl (C=O) groups is 6. The molecule has 3 amide bonds. The molecule has 0 aromatic carbocycles. The van der Waals surface area contributed by atoms with Crippen molar-refractivity contribution < 1.29 is 49.2 Å². The smallest absolute Gasteiger partial charge is 0.326 e. The van der Waals surface area contributed by atoms with Crippen LogP contribution in [0.4, 0.5) is 0 Å². The first-order chi connectivity index (χ1) is 16.3. The first-order valence-corrected chi connectivity index (χ1v) is 10.3. The highest BCUT2D eigenvalue weighted by Gasteiger charge is 2.31. The lowest BCUT2D eigenvalue weighted by Gasteiger charge is -2.23. The van der Waals surface area contributed by atoms with Gasteiger partial charge in [0, 0.05) is 13.0 Å². The molecule has 0 aliphatic heterocycles. The minimum absolute atomic E-state index is 0.0732. The molecule has 4 atom stereocenters. The standard InChI is InChI=1S/C18H31N7O10/c19-8(3-4-12(27)28)14(31)25-11(7-26)16(33)24-10(6-13(29)30)15(32)23-9(17(34)35)2-1-5-22-18(20)21/h8-11,26H,1-7,19H2,(H,23,32)(H,24,33)(H,25,31)(H,27,28)(H,29,30)(H,34,35)(H4,20,21,22). The largest absolute Gasteiger partial charge is 0.481 e. The molecule has 35 heavy (non-hydrogen) atoms. The number of amides is 3. The van der Waals surface area contributed by atoms with Crippen molar-refractivity contribution in [2.45, 2.75) is 56.3 Å². The van der Waals surface area contributed by atoms with Crippen molar-refractivity contribution in [1.29, 1.82) is 0 Å². The van der Waals surface area contributed by atoms with E-state index in [1.165, 1.54) is 0 Å². The third-order valence-electron chi connectivity index (χ3n) is 4.39. The average Bonchev–Trinajstić information content (AvgIpc) is 2.75. The summed E-state index contributed by atoms with van der Waals surface area (Å²) in [5.74, 6) is -7.62. The van der Waals surface area contributed by atoms with E-state index < -0.39 is 79.2 Å². The number of aliphatic hydroxyl groups excluding tert-OH is 1. The number of hydrogen-bond acceptors (Lipinski definition) is 9. The van der Waals surface area contributed by atoms with Crippen molar-refractivity contribution >= 4 is 41.6 Å². The highest BCUT2D eigenvalue weighted by Crippen LogP contribution is 2.03. The van der Waals surface area contributed by atoms with Crippen LogP contribution in [-0.4, -0.2) is 99.3 Å². The topological polar surface area (TPSA) is 310 Å². The van der Waals surface area contributed by atoms with Crippen LogP contribution in [0.25, 0.3) is 0 Å². The zero-order valence-electron chi connectivity index (χ0n) is 18.7. The Morgan fingerprint density at radius 1 is 0.771 bits per heavy atom. The monoisotopic (exact) mass is 505 g/mol. The number of carboxylic acid groups (broad SMARTS) is 3. The van der Waals surface area contributed by atoms with E-state index in [4.69, 9.17) is 27.4 Å². The molecule has 17 nitrogen and oxygen atoms in total. The fourth-order valence-corrected chi connectivity index (χ4v) is 2.57. The molecule has 0 aromatic heterocycles. The number of rotatable bonds is 17. The number of nitrogens with zero attached hydrogens (tertiary/aromatic N) is 1. The summed E-state index contributed by atoms with van der Waals surface area (Å²) in [6.07, 6.45) is -1.59. The summed E-state index contributed by atoms with van der Waals surface area (Å²) >= 11 is 0. The van der Waals surface area contributed by atoms with Gasteiger partial charge in [-0.3, -0.25) is 29.0 Å². The number of nitrogens with two attached hydrogens (primary N) is 3. The van der Waals surface area contributed by atoms with Crippen LogP contribution in [0.3, 0.4) is 0 Å². The molecule has 17 heteroatoms. The van der Waals surface area contributed by atoms with E-state index in [1.54, 1.807) is 0 Å². The Morgan fingerprint density at radius 3 is 1.80 bits per heavy atom. The van der Waals surface area contributed by atoms with Gasteiger partial charge in [0.25, 0.3) is 0 Å². The van der Waals surface area contributed by atoms with Gasteiger partial charge in [-0.15, -0.1) is 0 Å². The summed E-state index contributed by atoms with van der Waals surface area (Å²) in [7, 11) is 0. The molecular formula is C18H31N7O10. The maximum atomic E-state index is 12.5. The van der Waals surface area contributed by atoms with Crippen LogP contribution < -0.4 is 33.2 Å². The zero-order chi connectivity index (χ0) is 27.1. The summed E-state index contributed by atoms with van der Waals surface area (Å²) < 4.78 is 0. The van der Waals surface area contributed by atoms with Gasteiger partial charge in [-0.1, -0.05) is 0 Å². The Hall–Kier alpha value is -3.99. The highest BCUT2D eigenvalue weighted by molar-refractivity contribution is 5.95. The van der Waals surface area contributed by atoms with Gasteiger partial charge in [-0.25, -0.2) is 4.79 Å². The number of aliphatic hydroxyl groups is 1. The first kappa shape index (κ1) is 31.0. The Labute approximate surface area is 199 Å². The number of nitrogens with one attached hydrogen (secondary N) is 3. The summed E-state index contributed by atoms with van der Waals surface area (Å²) in [6.45, 7) is -0.892. The van der Waals surface area contributed by atoms with Crippen LogP contribution in [-0.2, 0) is 28.8 Å². The van der Waals surface area contributed by atoms with Crippen molar-refractivity contribution in [2.75, 3.05) is 13.2 Å². The summed E-state index contributed by atoms with van der Waals surface area (Å²) in [5.41, 5.74) is 15.9. The summed E-state index contributed by atoms with van der Waals surface area (Å²) in [6, 6.07) is -6.18. The molecule has 0 heterocycles. The second kappa shape index (κ2) is 15.8. The number of carbonyl (C=O) groups excluding carboxylic acids is 3. The molecule has 0 saturated carbocycles. The SMILES string of the molecule is NC(N)=NCCCC(NC(=O)C(CC(=O)O)NC(=O)C(CO)NC(=O)C(N)CCC(=O)O)C(=O)O. The van der Waals surface area contributed by atoms with Gasteiger partial charge in [-0.05, 0) is 19.3 Å². The van der Waals surface area contributed by atoms with Gasteiger partial charge in [0.05, 0.1) is 19.1 Å². The Kier molecular flexibility index (Phi) is 14.0. The lowest BCUT2D eigenvalue weighted by atomic mass is 10.1. The van der Waals surface area contributed by atoms with Crippen LogP contribution in [0.15, 0.2) is 4.99 Å². The third kappa shape index (κ3) is 13.3. The molecule has 4 unspecified atom stereocenters. The first-order valence-electron chi connectivity index (χ1n) is 10.3. The van der Waals surface area contributed by atoms with E-state index in [1.807, 2.05) is 5.32 Å². The lowest BCUT2D eigenvalue weighted by molar-refractivity contribution is -0.144. The van der Waals surface area contributed by atoms with E-state index in [-0.39, 0.29) is 31.8 Å². The predicted octanol–water partition coefficient (Wildman–Crippen LogP) is -4.76. The van der Waals surface area contributed by atoms with Crippen LogP contribution in [0.1, 0.15) is 32.1 Å². The molecular weight excluding hydrogens is 474 g/mol. The maximum Gasteiger partial charge on any atom is 0.326 e. The van der Waals surface area contributed by atoms with Gasteiger partial charge < -0.3 is 53.6 Å². The van der Waals surface area contributed by atoms with Crippen molar-refractivity contribution in [2.24, 2.45) is 22.2 Å². The number of carboxylic acids is 3. The van der Waals surface area contributed by atoms with Gasteiger partial charge in [0.2, 0.25) is 17.7 Å². The minimum Gasteiger partial charge on any atom is -0.481 e. The summed E-state index contributed by atoms with van der Waals surface area (Å²) in [4.78, 5) is 73.8. The van der Waals surface area contributed by atoms with E-state index >= 15 is 0 Å². The van der Waals surface area contributed by atoms with Crippen LogP contribution in [0.5, 0.6) is 0 Å². The Balaban J connectivity index is 5.24. The molecule has 0 saturated heterocycles. The molecule has 0 fully saturated rings. The van der Waals surface area contributed by atoms with Crippen LogP contribution in [0, 0.1) is 0 Å². The minimum atomic E-state index is -1.76. The number of aliphatic imine (C=N–C) groups is 1. The normalized spacial score (nSPS) is 13.9. The fourth-order valence-electron chi connectivity index (χ4n) is 2.57. The van der Waals surface area contributed by atoms with Crippen molar-refractivity contribution in [3.8, 4) is 0 Å². The summed E-state index contributed by atoms with van der Waals surface area (Å²) in [5, 5.41) is 42.6. The van der Waals surface area contributed by atoms with Crippen molar-refractivity contribution in [3.05, 3.63) is 0 Å². The van der Waals surface area contributed by atoms with Gasteiger partial charge in [0.1, 0.15) is 18.1 Å². The van der Waals surface area contributed by atoms with Gasteiger partial charge in [-0.2, -0.15) is 0 Å².